The maximum atomic E-state index is 4.07. The van der Waals surface area contributed by atoms with Gasteiger partial charge in [0, 0.05) is 12.4 Å². The van der Waals surface area contributed by atoms with Gasteiger partial charge in [-0.3, -0.25) is 4.98 Å². The van der Waals surface area contributed by atoms with Gasteiger partial charge in [-0.05, 0) is 21.3 Å². The van der Waals surface area contributed by atoms with Crippen molar-refractivity contribution in [3.8, 4) is 0 Å². The van der Waals surface area contributed by atoms with E-state index >= 15 is 0 Å². The largest absolute Gasteiger partial charge is 1.00 e. The molecule has 0 saturated heterocycles. The van der Waals surface area contributed by atoms with Crippen LogP contribution >= 0.6 is 15.9 Å². The zero-order chi connectivity index (χ0) is 7.84. The summed E-state index contributed by atoms with van der Waals surface area (Å²) in [4.78, 5) is 3.98. The molecule has 2 rings (SSSR count). The molecule has 6 heteroatoms. The maximum absolute atomic E-state index is 4.07. The molecule has 0 unspecified atom stereocenters. The number of rotatable bonds is 0. The Hall–Kier alpha value is -0.434. The van der Waals surface area contributed by atoms with Crippen LogP contribution in [-0.4, -0.2) is 20.2 Å². The molecule has 2 N–H and O–H groups in total. The van der Waals surface area contributed by atoms with Crippen molar-refractivity contribution in [2.24, 2.45) is 0 Å². The molecule has 0 spiro atoms. The predicted octanol–water partition coefficient (Wildman–Crippen LogP) is 1.01. The third-order valence-corrected chi connectivity index (χ3v) is 2.09. The first-order valence-corrected chi connectivity index (χ1v) is 3.87. The molecule has 2 aromatic rings. The Bertz CT molecular complexity index is 368. The van der Waals surface area contributed by atoms with E-state index in [1.807, 2.05) is 6.07 Å². The number of nitrogens with zero attached hydrogens (tertiary/aromatic N) is 3. The second-order valence-corrected chi connectivity index (χ2v) is 2.93. The van der Waals surface area contributed by atoms with Gasteiger partial charge >= 0.3 is 19.8 Å². The standard InChI is InChI=1S/C7H5BrN3.H2O.Os/c1-11-6-2-3-9-4-5(6)7(8)10-11;;/h2-4H,1H2;1H2;/q-1;;+1. The van der Waals surface area contributed by atoms with Crippen LogP contribution in [0.1, 0.15) is 0 Å². The molecular weight excluding hydrogens is 412 g/mol. The van der Waals surface area contributed by atoms with E-state index in [9.17, 15) is 0 Å². The van der Waals surface area contributed by atoms with E-state index in [1.165, 1.54) is 0 Å². The van der Waals surface area contributed by atoms with Crippen LogP contribution in [0, 0.1) is 7.05 Å². The smallest absolute Gasteiger partial charge is 0.412 e. The predicted molar refractivity (Wildman–Crippen MR) is 49.6 cm³/mol. The van der Waals surface area contributed by atoms with Crippen LogP contribution in [0.15, 0.2) is 23.1 Å². The fraction of sp³-hybridized carbons (Fsp3) is 0. The van der Waals surface area contributed by atoms with Crippen molar-refractivity contribution >= 4 is 26.8 Å². The summed E-state index contributed by atoms with van der Waals surface area (Å²) in [5.74, 6) is 0. The molecule has 0 bridgehead atoms. The second-order valence-electron chi connectivity index (χ2n) is 2.18. The van der Waals surface area contributed by atoms with Gasteiger partial charge in [0.2, 0.25) is 0 Å². The average Bonchev–Trinajstić information content (AvgIpc) is 2.30. The molecular formula is C7H7BrN3OOs. The van der Waals surface area contributed by atoms with Gasteiger partial charge in [0.25, 0.3) is 0 Å². The molecule has 0 fully saturated rings. The third-order valence-electron chi connectivity index (χ3n) is 1.51. The molecule has 0 saturated carbocycles. The van der Waals surface area contributed by atoms with Crippen LogP contribution in [0.4, 0.5) is 0 Å². The summed E-state index contributed by atoms with van der Waals surface area (Å²) in [7, 11) is 3.72. The van der Waals surface area contributed by atoms with Crippen LogP contribution < -0.4 is 0 Å². The van der Waals surface area contributed by atoms with Crippen molar-refractivity contribution in [1.29, 1.82) is 0 Å². The van der Waals surface area contributed by atoms with Crippen LogP contribution in [0.2, 0.25) is 0 Å². The van der Waals surface area contributed by atoms with Crippen molar-refractivity contribution in [1.82, 2.24) is 14.8 Å². The Kier molecular flexibility index (Phi) is 4.55. The minimum Gasteiger partial charge on any atom is -0.412 e. The van der Waals surface area contributed by atoms with Crippen molar-refractivity contribution in [3.05, 3.63) is 30.1 Å². The topological polar surface area (TPSA) is 62.2 Å². The first-order valence-electron chi connectivity index (χ1n) is 3.08. The van der Waals surface area contributed by atoms with E-state index in [4.69, 9.17) is 0 Å². The molecule has 0 aromatic carbocycles. The summed E-state index contributed by atoms with van der Waals surface area (Å²) in [6, 6.07) is 1.88. The molecule has 0 aliphatic rings. The number of hydrogen-bond acceptors (Lipinski definition) is 2. The van der Waals surface area contributed by atoms with Gasteiger partial charge in [-0.2, -0.15) is 12.1 Å². The molecule has 71 valence electrons. The van der Waals surface area contributed by atoms with Gasteiger partial charge < -0.3 is 10.2 Å². The Morgan fingerprint density at radius 1 is 1.46 bits per heavy atom. The number of hydrogen-bond donors (Lipinski definition) is 0. The van der Waals surface area contributed by atoms with E-state index in [2.05, 4.69) is 33.1 Å². The SMILES string of the molecule is O.[CH2-]n1nc(Br)c2cnccc21.[Os+]. The summed E-state index contributed by atoms with van der Waals surface area (Å²) >= 11 is 3.31. The van der Waals surface area contributed by atoms with E-state index in [0.29, 0.717) is 0 Å². The van der Waals surface area contributed by atoms with Crippen molar-refractivity contribution < 1.29 is 25.3 Å². The van der Waals surface area contributed by atoms with Gasteiger partial charge in [-0.1, -0.05) is 5.52 Å². The molecule has 13 heavy (non-hydrogen) atoms. The van der Waals surface area contributed by atoms with Gasteiger partial charge in [0.1, 0.15) is 4.60 Å². The summed E-state index contributed by atoms with van der Waals surface area (Å²) in [5, 5.41) is 5.06. The van der Waals surface area contributed by atoms with Gasteiger partial charge in [0.15, 0.2) is 0 Å². The van der Waals surface area contributed by atoms with Gasteiger partial charge in [-0.15, -0.1) is 6.07 Å². The minimum absolute atomic E-state index is 0. The molecule has 0 aliphatic carbocycles. The Morgan fingerprint density at radius 2 is 2.15 bits per heavy atom. The first-order chi connectivity index (χ1) is 5.29. The molecule has 0 aliphatic heterocycles. The quantitative estimate of drug-likeness (QED) is 0.599. The van der Waals surface area contributed by atoms with Gasteiger partial charge in [0.05, 0.1) is 0 Å². The molecule has 4 nitrogen and oxygen atoms in total. The fourth-order valence-electron chi connectivity index (χ4n) is 0.985. The Morgan fingerprint density at radius 3 is 2.77 bits per heavy atom. The number of fused-ring (bicyclic) bond motifs is 1. The third kappa shape index (κ3) is 2.08. The number of pyridine rings is 1. The van der Waals surface area contributed by atoms with Gasteiger partial charge in [-0.25, -0.2) is 0 Å². The van der Waals surface area contributed by atoms with E-state index < -0.39 is 0 Å². The normalized spacial score (nSPS) is 9.00. The minimum atomic E-state index is 0. The zero-order valence-corrected chi connectivity index (χ0v) is 10.6. The Balaban J connectivity index is 0.000000720. The maximum Gasteiger partial charge on any atom is 1.00 e. The molecule has 0 atom stereocenters. The molecule has 2 heterocycles. The van der Waals surface area contributed by atoms with Crippen molar-refractivity contribution in [3.63, 3.8) is 0 Å². The van der Waals surface area contributed by atoms with E-state index in [0.717, 1.165) is 15.5 Å². The molecule has 2 aromatic heterocycles. The van der Waals surface area contributed by atoms with Crippen LogP contribution in [0.25, 0.3) is 10.9 Å². The van der Waals surface area contributed by atoms with Crippen molar-refractivity contribution in [2.75, 3.05) is 0 Å². The van der Waals surface area contributed by atoms with Crippen LogP contribution in [0.5, 0.6) is 0 Å². The average molecular weight is 419 g/mol. The van der Waals surface area contributed by atoms with E-state index in [-0.39, 0.29) is 25.3 Å². The van der Waals surface area contributed by atoms with E-state index in [1.54, 1.807) is 17.1 Å². The fourth-order valence-corrected chi connectivity index (χ4v) is 1.48. The summed E-state index contributed by atoms with van der Waals surface area (Å²) in [5.41, 5.74) is 0.979. The van der Waals surface area contributed by atoms with Crippen LogP contribution in [0.3, 0.4) is 0 Å². The molecule has 1 radical (unpaired) electrons. The summed E-state index contributed by atoms with van der Waals surface area (Å²) < 4.78 is 2.36. The number of halogens is 1. The monoisotopic (exact) mass is 420 g/mol. The number of aromatic nitrogens is 3. The van der Waals surface area contributed by atoms with Crippen molar-refractivity contribution in [2.45, 2.75) is 0 Å². The van der Waals surface area contributed by atoms with Crippen LogP contribution in [-0.2, 0) is 19.8 Å². The first kappa shape index (κ1) is 12.6. The summed E-state index contributed by atoms with van der Waals surface area (Å²) in [6.07, 6.45) is 3.48. The summed E-state index contributed by atoms with van der Waals surface area (Å²) in [6.45, 7) is 0. The second kappa shape index (κ2) is 4.71. The Labute approximate surface area is 96.8 Å². The zero-order valence-electron chi connectivity index (χ0n) is 6.51. The molecule has 0 amide bonds.